The summed E-state index contributed by atoms with van der Waals surface area (Å²) in [5.41, 5.74) is 3.55. The number of benzene rings is 2. The lowest BCUT2D eigenvalue weighted by Crippen LogP contribution is -2.23. The molecule has 3 aromatic rings. The van der Waals surface area contributed by atoms with Gasteiger partial charge in [-0.15, -0.1) is 0 Å². The monoisotopic (exact) mass is 389 g/mol. The highest BCUT2D eigenvalue weighted by Gasteiger charge is 2.14. The Morgan fingerprint density at radius 1 is 0.966 bits per heavy atom. The fraction of sp³-hybridized carbons (Fsp3) is 0.217. The number of amides is 1. The van der Waals surface area contributed by atoms with Crippen molar-refractivity contribution in [3.8, 4) is 11.5 Å². The average Bonchev–Trinajstić information content (AvgIpc) is 3.24. The highest BCUT2D eigenvalue weighted by atomic mass is 16.7. The van der Waals surface area contributed by atoms with Gasteiger partial charge in [-0.2, -0.15) is 0 Å². The van der Waals surface area contributed by atoms with Crippen LogP contribution >= 0.6 is 0 Å². The van der Waals surface area contributed by atoms with Gasteiger partial charge < -0.3 is 20.1 Å². The highest BCUT2D eigenvalue weighted by Crippen LogP contribution is 2.32. The Kier molecular flexibility index (Phi) is 5.90. The summed E-state index contributed by atoms with van der Waals surface area (Å²) in [6, 6.07) is 19.7. The molecule has 1 amide bonds. The second-order valence-electron chi connectivity index (χ2n) is 6.82. The molecule has 4 rings (SSSR count). The Morgan fingerprint density at radius 2 is 1.83 bits per heavy atom. The van der Waals surface area contributed by atoms with Gasteiger partial charge in [-0.1, -0.05) is 36.4 Å². The Hall–Kier alpha value is -3.54. The number of anilines is 1. The second-order valence-corrected chi connectivity index (χ2v) is 6.82. The van der Waals surface area contributed by atoms with Gasteiger partial charge in [0, 0.05) is 25.0 Å². The Bertz CT molecular complexity index is 976. The predicted molar refractivity (Wildman–Crippen MR) is 111 cm³/mol. The van der Waals surface area contributed by atoms with Crippen LogP contribution in [-0.4, -0.2) is 24.2 Å². The lowest BCUT2D eigenvalue weighted by atomic mass is 10.1. The fourth-order valence-electron chi connectivity index (χ4n) is 3.16. The summed E-state index contributed by atoms with van der Waals surface area (Å²) in [6.07, 6.45) is 3.68. The summed E-state index contributed by atoms with van der Waals surface area (Å²) >= 11 is 0. The number of aromatic nitrogens is 1. The molecule has 2 aromatic carbocycles. The second kappa shape index (κ2) is 9.10. The Labute approximate surface area is 169 Å². The summed E-state index contributed by atoms with van der Waals surface area (Å²) in [7, 11) is 0. The van der Waals surface area contributed by atoms with Crippen LogP contribution in [0.1, 0.15) is 28.0 Å². The van der Waals surface area contributed by atoms with Gasteiger partial charge >= 0.3 is 0 Å². The molecule has 0 saturated carbocycles. The third-order valence-corrected chi connectivity index (χ3v) is 4.70. The normalized spacial score (nSPS) is 11.9. The van der Waals surface area contributed by atoms with Crippen LogP contribution in [-0.2, 0) is 13.0 Å². The Balaban J connectivity index is 1.26. The van der Waals surface area contributed by atoms with Gasteiger partial charge in [0.2, 0.25) is 6.79 Å². The van der Waals surface area contributed by atoms with Gasteiger partial charge in [-0.3, -0.25) is 9.78 Å². The van der Waals surface area contributed by atoms with E-state index in [4.69, 9.17) is 9.47 Å². The topological polar surface area (TPSA) is 72.5 Å². The average molecular weight is 389 g/mol. The molecule has 0 fully saturated rings. The zero-order valence-corrected chi connectivity index (χ0v) is 16.1. The summed E-state index contributed by atoms with van der Waals surface area (Å²) in [5.74, 6) is 1.22. The highest BCUT2D eigenvalue weighted by molar-refractivity contribution is 5.93. The Morgan fingerprint density at radius 3 is 2.72 bits per heavy atom. The molecular weight excluding hydrogens is 366 g/mol. The van der Waals surface area contributed by atoms with E-state index in [1.165, 1.54) is 5.56 Å². The molecule has 0 radical (unpaired) electrons. The van der Waals surface area contributed by atoms with Crippen molar-refractivity contribution >= 4 is 11.6 Å². The van der Waals surface area contributed by atoms with Crippen molar-refractivity contribution in [2.45, 2.75) is 19.4 Å². The SMILES string of the molecule is O=C(NCc1ccc2c(c1)OCO2)c1cc(NCCCc2ccccc2)ccn1. The van der Waals surface area contributed by atoms with Gasteiger partial charge in [0.15, 0.2) is 11.5 Å². The molecule has 0 bridgehead atoms. The number of pyridine rings is 1. The van der Waals surface area contributed by atoms with Crippen molar-refractivity contribution in [2.24, 2.45) is 0 Å². The van der Waals surface area contributed by atoms with E-state index in [2.05, 4.69) is 39.9 Å². The third-order valence-electron chi connectivity index (χ3n) is 4.70. The zero-order valence-electron chi connectivity index (χ0n) is 16.1. The maximum absolute atomic E-state index is 12.5. The molecule has 148 valence electrons. The minimum Gasteiger partial charge on any atom is -0.454 e. The van der Waals surface area contributed by atoms with Crippen LogP contribution in [0.2, 0.25) is 0 Å². The van der Waals surface area contributed by atoms with Crippen molar-refractivity contribution in [2.75, 3.05) is 18.7 Å². The molecule has 2 heterocycles. The fourth-order valence-corrected chi connectivity index (χ4v) is 3.16. The van der Waals surface area contributed by atoms with Crippen LogP contribution in [0.3, 0.4) is 0 Å². The molecule has 0 unspecified atom stereocenters. The smallest absolute Gasteiger partial charge is 0.270 e. The van der Waals surface area contributed by atoms with E-state index < -0.39 is 0 Å². The van der Waals surface area contributed by atoms with Gasteiger partial charge in [0.1, 0.15) is 5.69 Å². The molecule has 6 heteroatoms. The minimum absolute atomic E-state index is 0.212. The molecule has 29 heavy (non-hydrogen) atoms. The van der Waals surface area contributed by atoms with E-state index in [1.54, 1.807) is 12.3 Å². The molecule has 0 spiro atoms. The molecule has 0 saturated heterocycles. The maximum Gasteiger partial charge on any atom is 0.270 e. The van der Waals surface area contributed by atoms with Crippen molar-refractivity contribution < 1.29 is 14.3 Å². The molecule has 1 aliphatic rings. The summed E-state index contributed by atoms with van der Waals surface area (Å²) in [6.45, 7) is 1.46. The van der Waals surface area contributed by atoms with Crippen LogP contribution in [0.4, 0.5) is 5.69 Å². The summed E-state index contributed by atoms with van der Waals surface area (Å²) in [5, 5.41) is 6.26. The maximum atomic E-state index is 12.5. The van der Waals surface area contributed by atoms with E-state index >= 15 is 0 Å². The zero-order chi connectivity index (χ0) is 19.9. The summed E-state index contributed by atoms with van der Waals surface area (Å²) in [4.78, 5) is 16.7. The van der Waals surface area contributed by atoms with E-state index in [9.17, 15) is 4.79 Å². The number of carbonyl (C=O) groups is 1. The van der Waals surface area contributed by atoms with E-state index in [-0.39, 0.29) is 12.7 Å². The van der Waals surface area contributed by atoms with Crippen molar-refractivity contribution in [3.63, 3.8) is 0 Å². The van der Waals surface area contributed by atoms with Gasteiger partial charge in [-0.05, 0) is 48.2 Å². The quantitative estimate of drug-likeness (QED) is 0.574. The van der Waals surface area contributed by atoms with E-state index in [1.807, 2.05) is 30.3 Å². The van der Waals surface area contributed by atoms with Crippen LogP contribution in [0.15, 0.2) is 66.9 Å². The summed E-state index contributed by atoms with van der Waals surface area (Å²) < 4.78 is 10.7. The number of aryl methyl sites for hydroxylation is 1. The number of nitrogens with one attached hydrogen (secondary N) is 2. The molecule has 6 nitrogen and oxygen atoms in total. The van der Waals surface area contributed by atoms with Crippen LogP contribution in [0.25, 0.3) is 0 Å². The number of hydrogen-bond acceptors (Lipinski definition) is 5. The van der Waals surface area contributed by atoms with Crippen LogP contribution in [0.5, 0.6) is 11.5 Å². The van der Waals surface area contributed by atoms with Gasteiger partial charge in [0.25, 0.3) is 5.91 Å². The number of nitrogens with zero attached hydrogens (tertiary/aromatic N) is 1. The lowest BCUT2D eigenvalue weighted by Gasteiger charge is -2.09. The number of hydrogen-bond donors (Lipinski definition) is 2. The first-order valence-corrected chi connectivity index (χ1v) is 9.68. The molecular formula is C23H23N3O3. The first-order chi connectivity index (χ1) is 14.3. The van der Waals surface area contributed by atoms with E-state index in [0.717, 1.165) is 36.4 Å². The molecule has 1 aromatic heterocycles. The predicted octanol–water partition coefficient (Wildman–Crippen LogP) is 3.79. The number of ether oxygens (including phenoxy) is 2. The first kappa shape index (κ1) is 18.8. The molecule has 0 atom stereocenters. The lowest BCUT2D eigenvalue weighted by molar-refractivity contribution is 0.0946. The number of carbonyl (C=O) groups excluding carboxylic acids is 1. The number of fused-ring (bicyclic) bond motifs is 1. The van der Waals surface area contributed by atoms with Crippen LogP contribution < -0.4 is 20.1 Å². The van der Waals surface area contributed by atoms with E-state index in [0.29, 0.717) is 18.0 Å². The molecule has 0 aliphatic carbocycles. The van der Waals surface area contributed by atoms with Crippen molar-refractivity contribution in [1.29, 1.82) is 0 Å². The molecule has 1 aliphatic heterocycles. The first-order valence-electron chi connectivity index (χ1n) is 9.68. The van der Waals surface area contributed by atoms with Crippen LogP contribution in [0, 0.1) is 0 Å². The largest absolute Gasteiger partial charge is 0.454 e. The van der Waals surface area contributed by atoms with Gasteiger partial charge in [-0.25, -0.2) is 0 Å². The molecule has 2 N–H and O–H groups in total. The minimum atomic E-state index is -0.212. The number of rotatable bonds is 8. The van der Waals surface area contributed by atoms with Gasteiger partial charge in [0.05, 0.1) is 0 Å². The van der Waals surface area contributed by atoms with Crippen molar-refractivity contribution in [1.82, 2.24) is 10.3 Å². The third kappa shape index (κ3) is 5.04. The van der Waals surface area contributed by atoms with Crippen molar-refractivity contribution in [3.05, 3.63) is 83.7 Å². The standard InChI is InChI=1S/C23H23N3O3/c27-23(26-15-18-8-9-21-22(13-18)29-16-28-21)20-14-19(10-12-25-20)24-11-4-7-17-5-2-1-3-6-17/h1-3,5-6,8-10,12-14H,4,7,11,15-16H2,(H,24,25)(H,26,27).